The lowest BCUT2D eigenvalue weighted by molar-refractivity contribution is 0.393. The van der Waals surface area contributed by atoms with Gasteiger partial charge in [-0.2, -0.15) is 0 Å². The molecule has 0 heteroatoms. The molecule has 2 fully saturated rings. The fraction of sp³-hybridized carbons (Fsp3) is 0.727. The zero-order chi connectivity index (χ0) is 16.1. The highest BCUT2D eigenvalue weighted by molar-refractivity contribution is 5.61. The van der Waals surface area contributed by atoms with E-state index in [0.717, 1.165) is 17.8 Å². The molecule has 0 radical (unpaired) electrons. The highest BCUT2D eigenvalue weighted by atomic mass is 14.7. The smallest absolute Gasteiger partial charge is 0.0104 e. The largest absolute Gasteiger partial charge is 0.102 e. The molecule has 4 atom stereocenters. The van der Waals surface area contributed by atoms with Crippen LogP contribution in [0.4, 0.5) is 0 Å². The van der Waals surface area contributed by atoms with Crippen LogP contribution in [0.5, 0.6) is 0 Å². The van der Waals surface area contributed by atoms with Crippen LogP contribution >= 0.6 is 0 Å². The molecular weight excluding hydrogens is 264 g/mol. The maximum atomic E-state index is 4.25. The molecule has 0 bridgehead atoms. The molecule has 0 heterocycles. The monoisotopic (exact) mass is 296 g/mol. The Bertz CT molecular complexity index is 624. The van der Waals surface area contributed by atoms with Crippen LogP contribution in [0.15, 0.2) is 34.9 Å². The fourth-order valence-electron chi connectivity index (χ4n) is 6.06. The Morgan fingerprint density at radius 1 is 0.909 bits per heavy atom. The molecule has 0 N–H and O–H groups in total. The lowest BCUT2D eigenvalue weighted by atomic mass is 9.67. The molecule has 120 valence electrons. The normalized spacial score (nSPS) is 44.4. The standard InChI is InChI=1S/C22H32/c1-8-22(7)12-11-15-18(21(15,5)6)19(22)16-13(2)9-10-14-17(16)20(14,3)4/h8,13-15H,1,9-12H2,2-7H3. The highest BCUT2D eigenvalue weighted by Gasteiger charge is 2.62. The SMILES string of the molecule is C=CC1(C)CCC2C(=C1C1=C3C(CCC1C)C3(C)C)C2(C)C. The summed E-state index contributed by atoms with van der Waals surface area (Å²) < 4.78 is 0. The third kappa shape index (κ3) is 1.60. The lowest BCUT2D eigenvalue weighted by Gasteiger charge is -2.37. The lowest BCUT2D eigenvalue weighted by Crippen LogP contribution is -2.24. The van der Waals surface area contributed by atoms with Gasteiger partial charge in [0, 0.05) is 5.41 Å². The fourth-order valence-corrected chi connectivity index (χ4v) is 6.06. The van der Waals surface area contributed by atoms with Crippen LogP contribution in [0.1, 0.15) is 67.2 Å². The molecule has 22 heavy (non-hydrogen) atoms. The van der Waals surface area contributed by atoms with E-state index in [-0.39, 0.29) is 5.41 Å². The van der Waals surface area contributed by atoms with Crippen molar-refractivity contribution in [3.8, 4) is 0 Å². The van der Waals surface area contributed by atoms with Gasteiger partial charge in [0.15, 0.2) is 0 Å². The summed E-state index contributed by atoms with van der Waals surface area (Å²) in [5.74, 6) is 2.45. The van der Waals surface area contributed by atoms with Crippen molar-refractivity contribution < 1.29 is 0 Å². The van der Waals surface area contributed by atoms with E-state index in [1.54, 1.807) is 16.7 Å². The summed E-state index contributed by atoms with van der Waals surface area (Å²) in [6.45, 7) is 19.1. The molecule has 0 spiro atoms. The molecule has 0 amide bonds. The van der Waals surface area contributed by atoms with Crippen LogP contribution in [0.2, 0.25) is 0 Å². The number of fused-ring (bicyclic) bond motifs is 2. The van der Waals surface area contributed by atoms with Crippen molar-refractivity contribution in [2.45, 2.75) is 67.2 Å². The molecule has 0 aliphatic heterocycles. The first-order chi connectivity index (χ1) is 10.2. The van der Waals surface area contributed by atoms with Gasteiger partial charge >= 0.3 is 0 Å². The third-order valence-electron chi connectivity index (χ3n) is 7.84. The molecule has 4 unspecified atom stereocenters. The summed E-state index contributed by atoms with van der Waals surface area (Å²) in [5, 5.41) is 0. The van der Waals surface area contributed by atoms with Gasteiger partial charge in [0.1, 0.15) is 0 Å². The van der Waals surface area contributed by atoms with Gasteiger partial charge in [-0.3, -0.25) is 0 Å². The minimum atomic E-state index is 0.205. The van der Waals surface area contributed by atoms with Crippen LogP contribution in [-0.4, -0.2) is 0 Å². The van der Waals surface area contributed by atoms with E-state index in [9.17, 15) is 0 Å². The van der Waals surface area contributed by atoms with E-state index in [2.05, 4.69) is 54.2 Å². The second kappa shape index (κ2) is 4.00. The summed E-state index contributed by atoms with van der Waals surface area (Å²) in [6, 6.07) is 0. The number of hydrogen-bond acceptors (Lipinski definition) is 0. The van der Waals surface area contributed by atoms with Gasteiger partial charge in [-0.15, -0.1) is 6.58 Å². The Morgan fingerprint density at radius 3 is 2.14 bits per heavy atom. The maximum absolute atomic E-state index is 4.25. The summed E-state index contributed by atoms with van der Waals surface area (Å²) in [4.78, 5) is 0. The Morgan fingerprint density at radius 2 is 1.50 bits per heavy atom. The minimum absolute atomic E-state index is 0.205. The van der Waals surface area contributed by atoms with Crippen molar-refractivity contribution in [2.75, 3.05) is 0 Å². The van der Waals surface area contributed by atoms with Gasteiger partial charge in [-0.05, 0) is 65.4 Å². The van der Waals surface area contributed by atoms with Gasteiger partial charge in [-0.1, -0.05) is 58.8 Å². The van der Waals surface area contributed by atoms with Crippen molar-refractivity contribution in [3.63, 3.8) is 0 Å². The number of hydrogen-bond donors (Lipinski definition) is 0. The van der Waals surface area contributed by atoms with Gasteiger partial charge < -0.3 is 0 Å². The molecular formula is C22H32. The maximum Gasteiger partial charge on any atom is 0.0104 e. The van der Waals surface area contributed by atoms with Crippen LogP contribution in [0.3, 0.4) is 0 Å². The van der Waals surface area contributed by atoms with Crippen molar-refractivity contribution >= 4 is 0 Å². The van der Waals surface area contributed by atoms with Gasteiger partial charge in [-0.25, -0.2) is 0 Å². The second-order valence-electron chi connectivity index (χ2n) is 9.80. The predicted molar refractivity (Wildman–Crippen MR) is 94.5 cm³/mol. The zero-order valence-electron chi connectivity index (χ0n) is 15.3. The molecule has 0 aromatic rings. The Kier molecular flexibility index (Phi) is 2.69. The van der Waals surface area contributed by atoms with Crippen LogP contribution in [-0.2, 0) is 0 Å². The molecule has 0 saturated heterocycles. The van der Waals surface area contributed by atoms with Crippen molar-refractivity contribution in [1.29, 1.82) is 0 Å². The summed E-state index contributed by atoms with van der Waals surface area (Å²) in [7, 11) is 0. The van der Waals surface area contributed by atoms with Gasteiger partial charge in [0.25, 0.3) is 0 Å². The van der Waals surface area contributed by atoms with Crippen molar-refractivity contribution in [2.24, 2.45) is 34.0 Å². The van der Waals surface area contributed by atoms with E-state index in [0.29, 0.717) is 10.8 Å². The molecule has 4 aliphatic carbocycles. The first kappa shape index (κ1) is 14.8. The van der Waals surface area contributed by atoms with E-state index in [4.69, 9.17) is 0 Å². The van der Waals surface area contributed by atoms with E-state index in [1.807, 2.05) is 5.57 Å². The van der Waals surface area contributed by atoms with Gasteiger partial charge in [0.2, 0.25) is 0 Å². The first-order valence-electron chi connectivity index (χ1n) is 9.30. The number of allylic oxidation sites excluding steroid dienone is 5. The first-order valence-corrected chi connectivity index (χ1v) is 9.30. The second-order valence-corrected chi connectivity index (χ2v) is 9.80. The van der Waals surface area contributed by atoms with E-state index >= 15 is 0 Å². The summed E-state index contributed by atoms with van der Waals surface area (Å²) in [5.41, 5.74) is 8.22. The molecule has 2 saturated carbocycles. The Labute approximate surface area is 136 Å². The molecule has 0 aromatic carbocycles. The van der Waals surface area contributed by atoms with Gasteiger partial charge in [0.05, 0.1) is 0 Å². The Hall–Kier alpha value is -0.780. The topological polar surface area (TPSA) is 0 Å². The zero-order valence-corrected chi connectivity index (χ0v) is 15.3. The van der Waals surface area contributed by atoms with Crippen LogP contribution in [0.25, 0.3) is 0 Å². The molecule has 4 rings (SSSR count). The van der Waals surface area contributed by atoms with Crippen molar-refractivity contribution in [3.05, 3.63) is 34.9 Å². The van der Waals surface area contributed by atoms with Crippen LogP contribution in [0, 0.1) is 34.0 Å². The van der Waals surface area contributed by atoms with E-state index in [1.165, 1.54) is 25.7 Å². The number of rotatable bonds is 2. The molecule has 4 aliphatic rings. The van der Waals surface area contributed by atoms with Crippen molar-refractivity contribution in [1.82, 2.24) is 0 Å². The minimum Gasteiger partial charge on any atom is -0.102 e. The average molecular weight is 296 g/mol. The predicted octanol–water partition coefficient (Wildman–Crippen LogP) is 6.31. The summed E-state index contributed by atoms with van der Waals surface area (Å²) in [6.07, 6.45) is 7.70. The molecule has 0 nitrogen and oxygen atoms in total. The quantitative estimate of drug-likeness (QED) is 0.524. The van der Waals surface area contributed by atoms with Crippen LogP contribution < -0.4 is 0 Å². The third-order valence-corrected chi connectivity index (χ3v) is 7.84. The average Bonchev–Trinajstić information content (AvgIpc) is 3.21. The molecule has 0 aromatic heterocycles. The summed E-state index contributed by atoms with van der Waals surface area (Å²) >= 11 is 0. The highest BCUT2D eigenvalue weighted by Crippen LogP contribution is 2.73. The van der Waals surface area contributed by atoms with E-state index < -0.39 is 0 Å². The Balaban J connectivity index is 1.95.